The Labute approximate surface area is 188 Å². The molecular formula is C25H31N3O4. The van der Waals surface area contributed by atoms with Crippen molar-refractivity contribution < 1.29 is 19.0 Å². The van der Waals surface area contributed by atoms with Crippen LogP contribution in [0.25, 0.3) is 11.0 Å². The summed E-state index contributed by atoms with van der Waals surface area (Å²) in [5.41, 5.74) is 1.69. The first-order valence-electron chi connectivity index (χ1n) is 11.3. The van der Waals surface area contributed by atoms with E-state index in [9.17, 15) is 4.79 Å². The topological polar surface area (TPSA) is 75.5 Å². The van der Waals surface area contributed by atoms with Gasteiger partial charge in [0.15, 0.2) is 0 Å². The van der Waals surface area contributed by atoms with Crippen LogP contribution in [0, 0.1) is 5.92 Å². The van der Waals surface area contributed by atoms with Crippen molar-refractivity contribution in [3.63, 3.8) is 0 Å². The van der Waals surface area contributed by atoms with Gasteiger partial charge in [0.25, 0.3) is 6.01 Å². The number of hydrogen-bond acceptors (Lipinski definition) is 6. The van der Waals surface area contributed by atoms with Crippen molar-refractivity contribution in [3.05, 3.63) is 42.6 Å². The van der Waals surface area contributed by atoms with Gasteiger partial charge in [-0.15, -0.1) is 0 Å². The first kappa shape index (κ1) is 22.3. The molecule has 32 heavy (non-hydrogen) atoms. The Bertz CT molecular complexity index is 1040. The average molecular weight is 438 g/mol. The third kappa shape index (κ3) is 5.65. The molecule has 4 rings (SSSR count). The zero-order valence-electron chi connectivity index (χ0n) is 19.0. The lowest BCUT2D eigenvalue weighted by Gasteiger charge is -2.29. The molecule has 1 fully saturated rings. The Morgan fingerprint density at radius 1 is 1.16 bits per heavy atom. The summed E-state index contributed by atoms with van der Waals surface area (Å²) in [6.45, 7) is 4.33. The highest BCUT2D eigenvalue weighted by atomic mass is 16.5. The molecule has 0 radical (unpaired) electrons. The van der Waals surface area contributed by atoms with Gasteiger partial charge in [-0.05, 0) is 50.7 Å². The largest absolute Gasteiger partial charge is 0.461 e. The molecule has 1 aliphatic carbocycles. The highest BCUT2D eigenvalue weighted by Gasteiger charge is 2.25. The van der Waals surface area contributed by atoms with Gasteiger partial charge in [-0.3, -0.25) is 4.57 Å². The molecule has 1 saturated carbocycles. The number of imidazole rings is 1. The van der Waals surface area contributed by atoms with E-state index in [0.717, 1.165) is 42.5 Å². The number of pyridine rings is 1. The molecule has 170 valence electrons. The van der Waals surface area contributed by atoms with Crippen LogP contribution in [0.2, 0.25) is 0 Å². The summed E-state index contributed by atoms with van der Waals surface area (Å²) in [6.07, 6.45) is 6.42. The van der Waals surface area contributed by atoms with E-state index in [2.05, 4.69) is 16.9 Å². The smallest absolute Gasteiger partial charge is 0.297 e. The molecule has 0 aliphatic heterocycles. The fourth-order valence-corrected chi connectivity index (χ4v) is 4.14. The number of benzene rings is 1. The van der Waals surface area contributed by atoms with Crippen molar-refractivity contribution in [1.29, 1.82) is 0 Å². The molecule has 0 bridgehead atoms. The van der Waals surface area contributed by atoms with Crippen molar-refractivity contribution in [2.45, 2.75) is 58.2 Å². The number of rotatable bonds is 9. The van der Waals surface area contributed by atoms with Crippen LogP contribution in [-0.4, -0.2) is 39.1 Å². The maximum atomic E-state index is 11.2. The number of fused-ring (bicyclic) bond motifs is 1. The second-order valence-corrected chi connectivity index (χ2v) is 8.74. The molecule has 3 aromatic rings. The highest BCUT2D eigenvalue weighted by molar-refractivity contribution is 5.77. The van der Waals surface area contributed by atoms with Gasteiger partial charge < -0.3 is 19.0 Å². The Balaban J connectivity index is 1.33. The summed E-state index contributed by atoms with van der Waals surface area (Å²) in [7, 11) is 1.95. The molecule has 1 aromatic carbocycles. The molecule has 7 nitrogen and oxygen atoms in total. The van der Waals surface area contributed by atoms with Crippen LogP contribution < -0.4 is 9.47 Å². The van der Waals surface area contributed by atoms with Gasteiger partial charge in [-0.25, -0.2) is 4.98 Å². The lowest BCUT2D eigenvalue weighted by molar-refractivity contribution is -0.118. The van der Waals surface area contributed by atoms with Gasteiger partial charge >= 0.3 is 0 Å². The number of hydrogen-bond donors (Lipinski definition) is 0. The summed E-state index contributed by atoms with van der Waals surface area (Å²) in [5.74, 6) is 1.75. The molecule has 2 heterocycles. The number of nitrogens with zero attached hydrogens (tertiary/aromatic N) is 3. The minimum Gasteiger partial charge on any atom is -0.461 e. The summed E-state index contributed by atoms with van der Waals surface area (Å²) in [4.78, 5) is 20.2. The Morgan fingerprint density at radius 2 is 1.88 bits per heavy atom. The summed E-state index contributed by atoms with van der Waals surface area (Å²) in [5, 5.41) is 0. The number of aromatic nitrogens is 3. The minimum atomic E-state index is 0.119. The van der Waals surface area contributed by atoms with Gasteiger partial charge in [0.1, 0.15) is 23.2 Å². The van der Waals surface area contributed by atoms with Crippen LogP contribution in [0.1, 0.15) is 46.0 Å². The number of carbonyl (C=O) groups excluding carboxylic acids is 1. The molecule has 7 heteroatoms. The van der Waals surface area contributed by atoms with E-state index in [1.807, 2.05) is 48.0 Å². The third-order valence-electron chi connectivity index (χ3n) is 5.81. The van der Waals surface area contributed by atoms with Crippen LogP contribution in [-0.2, 0) is 16.6 Å². The van der Waals surface area contributed by atoms with Gasteiger partial charge in [0.2, 0.25) is 5.88 Å². The summed E-state index contributed by atoms with van der Waals surface area (Å²) in [6, 6.07) is 12.1. The number of ketones is 1. The van der Waals surface area contributed by atoms with Gasteiger partial charge in [-0.2, -0.15) is 4.98 Å². The van der Waals surface area contributed by atoms with E-state index in [0.29, 0.717) is 24.9 Å². The maximum absolute atomic E-state index is 11.2. The fourth-order valence-electron chi connectivity index (χ4n) is 4.14. The van der Waals surface area contributed by atoms with E-state index in [1.165, 1.54) is 0 Å². The van der Waals surface area contributed by atoms with Crippen molar-refractivity contribution in [2.75, 3.05) is 6.61 Å². The van der Waals surface area contributed by atoms with Crippen LogP contribution in [0.3, 0.4) is 0 Å². The number of aryl methyl sites for hydroxylation is 1. The number of carbonyl (C=O) groups is 1. The zero-order valence-corrected chi connectivity index (χ0v) is 19.0. The normalized spacial score (nSPS) is 19.6. The second-order valence-electron chi connectivity index (χ2n) is 8.74. The van der Waals surface area contributed by atoms with Crippen LogP contribution in [0.15, 0.2) is 42.6 Å². The predicted molar refractivity (Wildman–Crippen MR) is 122 cm³/mol. The first-order chi connectivity index (χ1) is 15.5. The van der Waals surface area contributed by atoms with Crippen molar-refractivity contribution in [1.82, 2.24) is 14.5 Å². The third-order valence-corrected chi connectivity index (χ3v) is 5.81. The second kappa shape index (κ2) is 10.1. The van der Waals surface area contributed by atoms with E-state index < -0.39 is 0 Å². The van der Waals surface area contributed by atoms with Gasteiger partial charge in [0.05, 0.1) is 17.8 Å². The summed E-state index contributed by atoms with van der Waals surface area (Å²) >= 11 is 0. The number of ether oxygens (including phenoxy) is 3. The average Bonchev–Trinajstić information content (AvgIpc) is 3.08. The lowest BCUT2D eigenvalue weighted by atomic mass is 9.95. The quantitative estimate of drug-likeness (QED) is 0.465. The molecule has 0 unspecified atom stereocenters. The molecule has 0 N–H and O–H groups in total. The lowest BCUT2D eigenvalue weighted by Crippen LogP contribution is -2.30. The molecule has 1 aliphatic rings. The van der Waals surface area contributed by atoms with E-state index in [-0.39, 0.29) is 23.9 Å². The maximum Gasteiger partial charge on any atom is 0.297 e. The van der Waals surface area contributed by atoms with Crippen LogP contribution >= 0.6 is 0 Å². The molecule has 0 spiro atoms. The SMILES string of the molecule is CC(=O)C[C@@H](C)COC1CCC(Oc2nc3cnc(Oc4ccccc4)cc3n2C)CC1. The summed E-state index contributed by atoms with van der Waals surface area (Å²) < 4.78 is 20.1. The Hall–Kier alpha value is -2.93. The van der Waals surface area contributed by atoms with Gasteiger partial charge in [0, 0.05) is 26.1 Å². The molecular weight excluding hydrogens is 406 g/mol. The Kier molecular flexibility index (Phi) is 7.05. The molecule has 0 saturated heterocycles. The predicted octanol–water partition coefficient (Wildman–Crippen LogP) is 5.08. The van der Waals surface area contributed by atoms with Crippen molar-refractivity contribution in [2.24, 2.45) is 13.0 Å². The van der Waals surface area contributed by atoms with Gasteiger partial charge in [-0.1, -0.05) is 25.1 Å². The van der Waals surface area contributed by atoms with Crippen molar-refractivity contribution in [3.8, 4) is 17.6 Å². The van der Waals surface area contributed by atoms with E-state index in [4.69, 9.17) is 14.2 Å². The zero-order chi connectivity index (χ0) is 22.5. The molecule has 1 atom stereocenters. The number of para-hydroxylation sites is 1. The van der Waals surface area contributed by atoms with Crippen LogP contribution in [0.4, 0.5) is 0 Å². The monoisotopic (exact) mass is 437 g/mol. The standard InChI is InChI=1S/C25H31N3O4/c1-17(13-18(2)29)16-30-19-9-11-21(12-10-19)32-25-27-22-15-26-24(14-23(22)28(25)3)31-20-7-5-4-6-8-20/h4-8,14-15,17,19,21H,9-13,16H2,1-3H3/t17-,19?,21?/m1/s1. The number of Topliss-reactive ketones (excluding diaryl/α,β-unsaturated/α-hetero) is 1. The first-order valence-corrected chi connectivity index (χ1v) is 11.3. The van der Waals surface area contributed by atoms with E-state index in [1.54, 1.807) is 13.1 Å². The molecule has 2 aromatic heterocycles. The highest BCUT2D eigenvalue weighted by Crippen LogP contribution is 2.29. The molecule has 0 amide bonds. The van der Waals surface area contributed by atoms with E-state index >= 15 is 0 Å². The van der Waals surface area contributed by atoms with Crippen molar-refractivity contribution >= 4 is 16.8 Å². The fraction of sp³-hybridized carbons (Fsp3) is 0.480. The minimum absolute atomic E-state index is 0.119. The Morgan fingerprint density at radius 3 is 2.59 bits per heavy atom. The van der Waals surface area contributed by atoms with Crippen LogP contribution in [0.5, 0.6) is 17.6 Å².